The number of primary sulfonamides is 1. The summed E-state index contributed by atoms with van der Waals surface area (Å²) in [5.41, 5.74) is 2.36. The molecule has 0 aliphatic heterocycles. The second-order valence-electron chi connectivity index (χ2n) is 4.80. The molecule has 1 rings (SSSR count). The highest BCUT2D eigenvalue weighted by Crippen LogP contribution is 2.22. The smallest absolute Gasteiger partial charge is 0.210 e. The van der Waals surface area contributed by atoms with Crippen LogP contribution in [0, 0.1) is 6.92 Å². The number of aryl methyl sites for hydroxylation is 1. The summed E-state index contributed by atoms with van der Waals surface area (Å²) in [5, 5.41) is 11.0. The number of aliphatic imine (C=N–C) groups is 1. The minimum Gasteiger partial charge on any atom is -0.357 e. The van der Waals surface area contributed by atoms with E-state index in [4.69, 9.17) is 5.14 Å². The fraction of sp³-hybridized carbons (Fsp3) is 0.500. The average Bonchev–Trinajstić information content (AvgIpc) is 2.44. The van der Waals surface area contributed by atoms with E-state index in [2.05, 4.69) is 40.7 Å². The Hall–Kier alpha value is -1.25. The standard InChI is InChI=1S/C14H24N4O2S2/c1-4-16-14(17-7-8-22(15,19)20)18-10-12-6-5-11(2)9-13(12)21-3/h5-6,9H,4,7-8,10H2,1-3H3,(H2,15,19,20)(H2,16,17,18). The van der Waals surface area contributed by atoms with Gasteiger partial charge in [-0.05, 0) is 37.3 Å². The molecular formula is C14H24N4O2S2. The minimum absolute atomic E-state index is 0.127. The summed E-state index contributed by atoms with van der Waals surface area (Å²) < 4.78 is 21.9. The second-order valence-corrected chi connectivity index (χ2v) is 7.39. The predicted molar refractivity (Wildman–Crippen MR) is 93.8 cm³/mol. The summed E-state index contributed by atoms with van der Waals surface area (Å²) in [6.45, 7) is 5.47. The number of nitrogens with one attached hydrogen (secondary N) is 2. The van der Waals surface area contributed by atoms with E-state index in [-0.39, 0.29) is 12.3 Å². The van der Waals surface area contributed by atoms with E-state index in [0.717, 1.165) is 5.56 Å². The van der Waals surface area contributed by atoms with Crippen LogP contribution in [0.3, 0.4) is 0 Å². The van der Waals surface area contributed by atoms with Crippen LogP contribution in [0.15, 0.2) is 28.1 Å². The molecule has 0 aromatic heterocycles. The Morgan fingerprint density at radius 1 is 1.36 bits per heavy atom. The lowest BCUT2D eigenvalue weighted by Gasteiger charge is -2.12. The molecule has 22 heavy (non-hydrogen) atoms. The molecule has 0 saturated heterocycles. The molecule has 1 aromatic carbocycles. The van der Waals surface area contributed by atoms with Crippen LogP contribution in [-0.2, 0) is 16.6 Å². The van der Waals surface area contributed by atoms with E-state index in [1.54, 1.807) is 11.8 Å². The number of hydrogen-bond acceptors (Lipinski definition) is 4. The molecule has 0 bridgehead atoms. The van der Waals surface area contributed by atoms with Crippen LogP contribution in [0.2, 0.25) is 0 Å². The molecule has 0 unspecified atom stereocenters. The number of sulfonamides is 1. The second kappa shape index (κ2) is 9.02. The molecule has 0 heterocycles. The molecule has 0 fully saturated rings. The molecule has 0 saturated carbocycles. The number of nitrogens with zero attached hydrogens (tertiary/aromatic N) is 1. The van der Waals surface area contributed by atoms with Gasteiger partial charge >= 0.3 is 0 Å². The van der Waals surface area contributed by atoms with Crippen molar-refractivity contribution >= 4 is 27.7 Å². The Morgan fingerprint density at radius 2 is 2.09 bits per heavy atom. The largest absolute Gasteiger partial charge is 0.357 e. The highest BCUT2D eigenvalue weighted by molar-refractivity contribution is 7.98. The summed E-state index contributed by atoms with van der Waals surface area (Å²) >= 11 is 1.69. The Bertz CT molecular complexity index is 615. The van der Waals surface area contributed by atoms with Crippen molar-refractivity contribution in [3.63, 3.8) is 0 Å². The Kier molecular flexibility index (Phi) is 7.70. The monoisotopic (exact) mass is 344 g/mol. The van der Waals surface area contributed by atoms with Crippen LogP contribution in [0.25, 0.3) is 0 Å². The van der Waals surface area contributed by atoms with Gasteiger partial charge in [0.15, 0.2) is 5.96 Å². The lowest BCUT2D eigenvalue weighted by Crippen LogP contribution is -2.40. The maximum absolute atomic E-state index is 10.9. The molecule has 1 aromatic rings. The molecule has 0 amide bonds. The maximum Gasteiger partial charge on any atom is 0.210 e. The van der Waals surface area contributed by atoms with Crippen molar-refractivity contribution in [1.82, 2.24) is 10.6 Å². The van der Waals surface area contributed by atoms with Gasteiger partial charge in [-0.3, -0.25) is 0 Å². The van der Waals surface area contributed by atoms with Gasteiger partial charge in [-0.1, -0.05) is 12.1 Å². The van der Waals surface area contributed by atoms with E-state index in [9.17, 15) is 8.42 Å². The third-order valence-corrected chi connectivity index (χ3v) is 4.47. The fourth-order valence-electron chi connectivity index (χ4n) is 1.80. The van der Waals surface area contributed by atoms with E-state index < -0.39 is 10.0 Å². The van der Waals surface area contributed by atoms with E-state index in [1.165, 1.54) is 10.5 Å². The first-order valence-corrected chi connectivity index (χ1v) is 9.96. The molecule has 0 spiro atoms. The number of rotatable bonds is 7. The predicted octanol–water partition coefficient (Wildman–Crippen LogP) is 1.06. The van der Waals surface area contributed by atoms with Crippen molar-refractivity contribution < 1.29 is 8.42 Å². The van der Waals surface area contributed by atoms with Crippen LogP contribution in [0.4, 0.5) is 0 Å². The van der Waals surface area contributed by atoms with Gasteiger partial charge in [-0.15, -0.1) is 11.8 Å². The third-order valence-electron chi connectivity index (χ3n) is 2.87. The van der Waals surface area contributed by atoms with Crippen molar-refractivity contribution in [2.24, 2.45) is 10.1 Å². The summed E-state index contributed by atoms with van der Waals surface area (Å²) in [6.07, 6.45) is 2.04. The van der Waals surface area contributed by atoms with Gasteiger partial charge in [0.25, 0.3) is 0 Å². The summed E-state index contributed by atoms with van der Waals surface area (Å²) in [4.78, 5) is 5.69. The van der Waals surface area contributed by atoms with Gasteiger partial charge in [0.1, 0.15) is 0 Å². The molecule has 0 aliphatic carbocycles. The number of hydrogen-bond donors (Lipinski definition) is 3. The lowest BCUT2D eigenvalue weighted by molar-refractivity contribution is 0.596. The first-order valence-electron chi connectivity index (χ1n) is 7.02. The summed E-state index contributed by atoms with van der Waals surface area (Å²) in [7, 11) is -3.47. The summed E-state index contributed by atoms with van der Waals surface area (Å²) in [5.74, 6) is 0.455. The quantitative estimate of drug-likeness (QED) is 0.390. The van der Waals surface area contributed by atoms with Crippen LogP contribution in [-0.4, -0.2) is 39.5 Å². The normalized spacial score (nSPS) is 12.3. The van der Waals surface area contributed by atoms with Crippen LogP contribution in [0.1, 0.15) is 18.1 Å². The van der Waals surface area contributed by atoms with Crippen molar-refractivity contribution in [2.45, 2.75) is 25.3 Å². The third kappa shape index (κ3) is 7.15. The van der Waals surface area contributed by atoms with Gasteiger partial charge in [0, 0.05) is 18.0 Å². The highest BCUT2D eigenvalue weighted by atomic mass is 32.2. The van der Waals surface area contributed by atoms with Gasteiger partial charge in [0.05, 0.1) is 12.3 Å². The zero-order chi connectivity index (χ0) is 16.6. The number of guanidine groups is 1. The molecular weight excluding hydrogens is 320 g/mol. The zero-order valence-corrected chi connectivity index (χ0v) is 14.9. The van der Waals surface area contributed by atoms with Crippen LogP contribution >= 0.6 is 11.8 Å². The molecule has 4 N–H and O–H groups in total. The lowest BCUT2D eigenvalue weighted by atomic mass is 10.1. The first kappa shape index (κ1) is 18.8. The molecule has 6 nitrogen and oxygen atoms in total. The van der Waals surface area contributed by atoms with Gasteiger partial charge in [0.2, 0.25) is 10.0 Å². The minimum atomic E-state index is -3.47. The SMILES string of the molecule is CCNC(=NCc1ccc(C)cc1SC)NCCS(N)(=O)=O. The van der Waals surface area contributed by atoms with Crippen molar-refractivity contribution in [1.29, 1.82) is 0 Å². The van der Waals surface area contributed by atoms with E-state index in [1.807, 2.05) is 13.2 Å². The fourth-order valence-corrected chi connectivity index (χ4v) is 2.89. The average molecular weight is 345 g/mol. The Balaban J connectivity index is 2.73. The van der Waals surface area contributed by atoms with Gasteiger partial charge < -0.3 is 10.6 Å². The van der Waals surface area contributed by atoms with Crippen molar-refractivity contribution in [3.8, 4) is 0 Å². The van der Waals surface area contributed by atoms with E-state index >= 15 is 0 Å². The van der Waals surface area contributed by atoms with E-state index in [0.29, 0.717) is 19.0 Å². The van der Waals surface area contributed by atoms with Crippen molar-refractivity contribution in [3.05, 3.63) is 29.3 Å². The molecule has 0 aliphatic rings. The van der Waals surface area contributed by atoms with Gasteiger partial charge in [-0.25, -0.2) is 18.5 Å². The Labute approximate surface area is 137 Å². The first-order chi connectivity index (χ1) is 10.4. The molecule has 8 heteroatoms. The Morgan fingerprint density at radius 3 is 2.68 bits per heavy atom. The number of benzene rings is 1. The highest BCUT2D eigenvalue weighted by Gasteiger charge is 2.05. The zero-order valence-electron chi connectivity index (χ0n) is 13.2. The molecule has 0 atom stereocenters. The topological polar surface area (TPSA) is 96.6 Å². The number of thioether (sulfide) groups is 1. The molecule has 0 radical (unpaired) electrons. The molecule has 124 valence electrons. The van der Waals surface area contributed by atoms with Crippen molar-refractivity contribution in [2.75, 3.05) is 25.1 Å². The van der Waals surface area contributed by atoms with Gasteiger partial charge in [-0.2, -0.15) is 0 Å². The van der Waals surface area contributed by atoms with Crippen LogP contribution < -0.4 is 15.8 Å². The van der Waals surface area contributed by atoms with Crippen LogP contribution in [0.5, 0.6) is 0 Å². The maximum atomic E-state index is 10.9. The number of nitrogens with two attached hydrogens (primary N) is 1. The summed E-state index contributed by atoms with van der Waals surface area (Å²) in [6, 6.07) is 6.27.